The van der Waals surface area contributed by atoms with Gasteiger partial charge in [0.05, 0.1) is 5.39 Å². The first kappa shape index (κ1) is 32.8. The number of aromatic nitrogens is 2. The van der Waals surface area contributed by atoms with Gasteiger partial charge in [-0.25, -0.2) is 14.8 Å². The van der Waals surface area contributed by atoms with Crippen molar-refractivity contribution in [2.75, 3.05) is 68.9 Å². The van der Waals surface area contributed by atoms with Crippen molar-refractivity contribution < 1.29 is 13.9 Å². The zero-order valence-corrected chi connectivity index (χ0v) is 28.1. The number of fused-ring (bicyclic) bond motifs is 1. The molecular weight excluding hydrogens is 626 g/mol. The molecule has 0 aliphatic carbocycles. The van der Waals surface area contributed by atoms with Gasteiger partial charge in [0.15, 0.2) is 0 Å². The summed E-state index contributed by atoms with van der Waals surface area (Å²) in [6.45, 7) is 6.43. The molecule has 0 saturated carbocycles. The van der Waals surface area contributed by atoms with E-state index in [1.54, 1.807) is 0 Å². The van der Waals surface area contributed by atoms with Crippen molar-refractivity contribution in [1.29, 1.82) is 0 Å². The predicted octanol–water partition coefficient (Wildman–Crippen LogP) is 7.48. The van der Waals surface area contributed by atoms with Crippen LogP contribution in [0.25, 0.3) is 33.6 Å². The fraction of sp³-hybridized carbons (Fsp3) is 0.225. The first-order valence-electron chi connectivity index (χ1n) is 17.0. The molecule has 1 saturated heterocycles. The minimum atomic E-state index is -0.314. The molecule has 3 heterocycles. The molecule has 7 rings (SSSR count). The number of rotatable bonds is 12. The summed E-state index contributed by atoms with van der Waals surface area (Å²) >= 11 is 0. The number of nitrogens with zero attached hydrogens (tertiary/aromatic N) is 4. The summed E-state index contributed by atoms with van der Waals surface area (Å²) in [5.41, 5.74) is 6.01. The Morgan fingerprint density at radius 1 is 0.800 bits per heavy atom. The highest BCUT2D eigenvalue weighted by Gasteiger charge is 2.22. The number of carbonyl (C=O) groups excluding carboxylic acids is 1. The first-order valence-corrected chi connectivity index (χ1v) is 17.0. The first-order chi connectivity index (χ1) is 24.6. The lowest BCUT2D eigenvalue weighted by Gasteiger charge is -2.32. The van der Waals surface area contributed by atoms with E-state index >= 15 is 0 Å². The monoisotopic (exact) mass is 667 g/mol. The number of furan rings is 1. The highest BCUT2D eigenvalue weighted by Crippen LogP contribution is 2.42. The summed E-state index contributed by atoms with van der Waals surface area (Å²) in [5, 5.41) is 10.2. The van der Waals surface area contributed by atoms with Crippen molar-refractivity contribution in [3.05, 3.63) is 121 Å². The molecule has 4 aromatic carbocycles. The Kier molecular flexibility index (Phi) is 10.3. The molecule has 10 nitrogen and oxygen atoms in total. The Morgan fingerprint density at radius 2 is 1.52 bits per heavy atom. The molecule has 2 amide bonds. The van der Waals surface area contributed by atoms with Gasteiger partial charge < -0.3 is 30.0 Å². The summed E-state index contributed by atoms with van der Waals surface area (Å²) in [5.74, 6) is 2.22. The third-order valence-electron chi connectivity index (χ3n) is 8.87. The van der Waals surface area contributed by atoms with Crippen LogP contribution in [0.3, 0.4) is 0 Å². The van der Waals surface area contributed by atoms with Crippen molar-refractivity contribution >= 4 is 34.3 Å². The van der Waals surface area contributed by atoms with Gasteiger partial charge in [0.2, 0.25) is 5.71 Å². The lowest BCUT2D eigenvalue weighted by Crippen LogP contribution is -2.45. The predicted molar refractivity (Wildman–Crippen MR) is 200 cm³/mol. The summed E-state index contributed by atoms with van der Waals surface area (Å²) < 4.78 is 12.3. The molecule has 0 bridgehead atoms. The average molecular weight is 668 g/mol. The van der Waals surface area contributed by atoms with E-state index in [4.69, 9.17) is 9.15 Å². The second-order valence-corrected chi connectivity index (χ2v) is 12.4. The number of amides is 2. The summed E-state index contributed by atoms with van der Waals surface area (Å²) in [6, 6.07) is 35.3. The average Bonchev–Trinajstić information content (AvgIpc) is 3.55. The van der Waals surface area contributed by atoms with E-state index in [9.17, 15) is 4.79 Å². The Balaban J connectivity index is 0.938. The number of likely N-dealkylation sites (N-methyl/N-ethyl adjacent to an activating group) is 1. The number of carbonyl (C=O) groups is 1. The lowest BCUT2D eigenvalue weighted by atomic mass is 9.99. The smallest absolute Gasteiger partial charge is 0.323 e. The van der Waals surface area contributed by atoms with Crippen molar-refractivity contribution in [3.8, 4) is 28.2 Å². The SMILES string of the molecule is CN1CCN(CCOc2cccc(NC(=O)Nc3ccc(CCNc4ncnc5oc(-c6ccccc6)c(-c6ccccc6)c45)cc3)c2)CC1. The number of piperazine rings is 1. The molecule has 3 N–H and O–H groups in total. The highest BCUT2D eigenvalue weighted by molar-refractivity contribution is 6.06. The van der Waals surface area contributed by atoms with Crippen molar-refractivity contribution in [3.63, 3.8) is 0 Å². The summed E-state index contributed by atoms with van der Waals surface area (Å²) in [6.07, 6.45) is 2.28. The molecule has 50 heavy (non-hydrogen) atoms. The second kappa shape index (κ2) is 15.7. The van der Waals surface area contributed by atoms with Crippen LogP contribution in [0, 0.1) is 0 Å². The van der Waals surface area contributed by atoms with Crippen LogP contribution in [0.15, 0.2) is 120 Å². The number of hydrogen-bond acceptors (Lipinski definition) is 8. The maximum Gasteiger partial charge on any atom is 0.323 e. The standard InChI is InChI=1S/C40H41N7O3/c1-46-21-23-47(24-22-46)25-26-49-34-14-8-13-33(27-34)45-40(48)44-32-17-15-29(16-18-32)19-20-41-38-36-35(30-9-4-2-5-10-30)37(31-11-6-3-7-12-31)50-39(36)43-28-42-38/h2-18,27-28H,19-26H2,1H3,(H,41,42,43)(H2,44,45,48). The minimum absolute atomic E-state index is 0.314. The normalized spacial score (nSPS) is 13.6. The van der Waals surface area contributed by atoms with E-state index in [2.05, 4.69) is 54.9 Å². The van der Waals surface area contributed by atoms with E-state index in [0.29, 0.717) is 30.2 Å². The van der Waals surface area contributed by atoms with Crippen molar-refractivity contribution in [2.24, 2.45) is 0 Å². The number of hydrogen-bond donors (Lipinski definition) is 3. The van der Waals surface area contributed by atoms with Gasteiger partial charge in [-0.1, -0.05) is 78.9 Å². The molecule has 10 heteroatoms. The Bertz CT molecular complexity index is 2010. The van der Waals surface area contributed by atoms with Gasteiger partial charge in [-0.2, -0.15) is 0 Å². The molecule has 254 valence electrons. The topological polar surface area (TPSA) is 108 Å². The van der Waals surface area contributed by atoms with Crippen LogP contribution in [-0.4, -0.2) is 78.7 Å². The van der Waals surface area contributed by atoms with E-state index in [0.717, 1.165) is 84.1 Å². The summed E-state index contributed by atoms with van der Waals surface area (Å²) in [4.78, 5) is 26.6. The number of urea groups is 1. The third-order valence-corrected chi connectivity index (χ3v) is 8.87. The maximum absolute atomic E-state index is 12.8. The zero-order chi connectivity index (χ0) is 34.1. The van der Waals surface area contributed by atoms with Gasteiger partial charge >= 0.3 is 6.03 Å². The number of benzene rings is 4. The Morgan fingerprint density at radius 3 is 2.28 bits per heavy atom. The van der Waals surface area contributed by atoms with E-state index in [1.165, 1.54) is 6.33 Å². The zero-order valence-electron chi connectivity index (χ0n) is 28.1. The number of anilines is 3. The van der Waals surface area contributed by atoms with Crippen LogP contribution in [0.2, 0.25) is 0 Å². The van der Waals surface area contributed by atoms with Crippen LogP contribution in [0.1, 0.15) is 5.56 Å². The molecule has 0 unspecified atom stereocenters. The summed E-state index contributed by atoms with van der Waals surface area (Å²) in [7, 11) is 2.15. The van der Waals surface area contributed by atoms with Gasteiger partial charge in [-0.05, 0) is 48.9 Å². The molecule has 2 aromatic heterocycles. The molecule has 1 fully saturated rings. The third kappa shape index (κ3) is 8.11. The van der Waals surface area contributed by atoms with Crippen molar-refractivity contribution in [1.82, 2.24) is 19.8 Å². The van der Waals surface area contributed by atoms with Gasteiger partial charge in [0, 0.05) is 67.8 Å². The molecule has 6 aromatic rings. The van der Waals surface area contributed by atoms with Gasteiger partial charge in [-0.15, -0.1) is 0 Å². The van der Waals surface area contributed by atoms with Crippen LogP contribution >= 0.6 is 0 Å². The van der Waals surface area contributed by atoms with E-state index in [1.807, 2.05) is 97.1 Å². The van der Waals surface area contributed by atoms with E-state index < -0.39 is 0 Å². The number of ether oxygens (including phenoxy) is 1. The van der Waals surface area contributed by atoms with Crippen LogP contribution in [0.5, 0.6) is 5.75 Å². The van der Waals surface area contributed by atoms with Crippen LogP contribution in [-0.2, 0) is 6.42 Å². The van der Waals surface area contributed by atoms with Crippen LogP contribution in [0.4, 0.5) is 22.0 Å². The molecule has 0 radical (unpaired) electrons. The molecule has 1 aliphatic rings. The highest BCUT2D eigenvalue weighted by atomic mass is 16.5. The molecule has 1 aliphatic heterocycles. The van der Waals surface area contributed by atoms with Gasteiger partial charge in [-0.3, -0.25) is 4.90 Å². The number of nitrogens with one attached hydrogen (secondary N) is 3. The Labute approximate surface area is 292 Å². The second-order valence-electron chi connectivity index (χ2n) is 12.4. The van der Waals surface area contributed by atoms with Gasteiger partial charge in [0.25, 0.3) is 0 Å². The minimum Gasteiger partial charge on any atom is -0.492 e. The largest absolute Gasteiger partial charge is 0.492 e. The maximum atomic E-state index is 12.8. The lowest BCUT2D eigenvalue weighted by molar-refractivity contribution is 0.134. The fourth-order valence-electron chi connectivity index (χ4n) is 6.14. The molecular formula is C40H41N7O3. The van der Waals surface area contributed by atoms with Crippen molar-refractivity contribution in [2.45, 2.75) is 6.42 Å². The van der Waals surface area contributed by atoms with Gasteiger partial charge in [0.1, 0.15) is 30.3 Å². The Hall–Kier alpha value is -5.71. The van der Waals surface area contributed by atoms with E-state index in [-0.39, 0.29) is 6.03 Å². The quantitative estimate of drug-likeness (QED) is 0.123. The van der Waals surface area contributed by atoms with Crippen LogP contribution < -0.4 is 20.7 Å². The molecule has 0 atom stereocenters. The fourth-order valence-corrected chi connectivity index (χ4v) is 6.14. The molecule has 0 spiro atoms.